The van der Waals surface area contributed by atoms with E-state index in [1.165, 1.54) is 5.56 Å². The van der Waals surface area contributed by atoms with Gasteiger partial charge in [0.1, 0.15) is 5.82 Å². The zero-order valence-electron chi connectivity index (χ0n) is 15.6. The summed E-state index contributed by atoms with van der Waals surface area (Å²) in [6.45, 7) is 4.68. The number of benzene rings is 1. The Labute approximate surface area is 165 Å². The van der Waals surface area contributed by atoms with Crippen LogP contribution in [0, 0.1) is 0 Å². The Kier molecular flexibility index (Phi) is 7.30. The minimum Gasteiger partial charge on any atom is -0.378 e. The summed E-state index contributed by atoms with van der Waals surface area (Å²) < 4.78 is 5.44. The number of pyridine rings is 1. The van der Waals surface area contributed by atoms with Crippen molar-refractivity contribution in [2.24, 2.45) is 4.99 Å². The zero-order chi connectivity index (χ0) is 18.9. The molecule has 1 aromatic carbocycles. The highest BCUT2D eigenvalue weighted by Crippen LogP contribution is 2.18. The van der Waals surface area contributed by atoms with Gasteiger partial charge < -0.3 is 20.3 Å². The van der Waals surface area contributed by atoms with Gasteiger partial charge in [-0.1, -0.05) is 29.8 Å². The molecule has 1 saturated heterocycles. The maximum Gasteiger partial charge on any atom is 0.191 e. The van der Waals surface area contributed by atoms with Crippen LogP contribution >= 0.6 is 11.6 Å². The molecule has 0 radical (unpaired) electrons. The molecule has 0 atom stereocenters. The van der Waals surface area contributed by atoms with Crippen molar-refractivity contribution in [3.63, 3.8) is 0 Å². The van der Waals surface area contributed by atoms with Crippen molar-refractivity contribution in [3.05, 3.63) is 58.7 Å². The first kappa shape index (κ1) is 19.5. The Balaban J connectivity index is 1.52. The maximum atomic E-state index is 6.04. The zero-order valence-corrected chi connectivity index (χ0v) is 16.4. The monoisotopic (exact) mass is 387 g/mol. The van der Waals surface area contributed by atoms with Crippen LogP contribution in [-0.4, -0.2) is 50.8 Å². The average molecular weight is 388 g/mol. The van der Waals surface area contributed by atoms with E-state index in [9.17, 15) is 0 Å². The van der Waals surface area contributed by atoms with E-state index >= 15 is 0 Å². The van der Waals surface area contributed by atoms with Crippen LogP contribution in [-0.2, 0) is 17.7 Å². The molecule has 2 heterocycles. The second kappa shape index (κ2) is 10.1. The molecule has 0 bridgehead atoms. The molecule has 0 aliphatic carbocycles. The standard InChI is InChI=1S/C20H26ClN5O/c1-22-20(24-9-7-16-4-2-6-18(21)14-16)25-15-17-5-3-8-23-19(17)26-10-12-27-13-11-26/h2-6,8,14H,7,9-13,15H2,1H3,(H2,22,24,25). The molecule has 144 valence electrons. The lowest BCUT2D eigenvalue weighted by Crippen LogP contribution is -2.40. The second-order valence-corrected chi connectivity index (χ2v) is 6.75. The third-order valence-electron chi connectivity index (χ3n) is 4.44. The summed E-state index contributed by atoms with van der Waals surface area (Å²) in [4.78, 5) is 11.2. The number of nitrogens with one attached hydrogen (secondary N) is 2. The van der Waals surface area contributed by atoms with E-state index < -0.39 is 0 Å². The molecule has 1 aliphatic rings. The molecule has 0 saturated carbocycles. The van der Waals surface area contributed by atoms with Gasteiger partial charge in [-0.3, -0.25) is 4.99 Å². The van der Waals surface area contributed by atoms with Crippen LogP contribution < -0.4 is 15.5 Å². The molecule has 2 N–H and O–H groups in total. The van der Waals surface area contributed by atoms with Crippen molar-refractivity contribution < 1.29 is 4.74 Å². The first-order valence-corrected chi connectivity index (χ1v) is 9.59. The fourth-order valence-corrected chi connectivity index (χ4v) is 3.26. The smallest absolute Gasteiger partial charge is 0.191 e. The largest absolute Gasteiger partial charge is 0.378 e. The van der Waals surface area contributed by atoms with Gasteiger partial charge >= 0.3 is 0 Å². The van der Waals surface area contributed by atoms with E-state index in [-0.39, 0.29) is 0 Å². The predicted octanol–water partition coefficient (Wildman–Crippen LogP) is 2.48. The Morgan fingerprint density at radius 1 is 1.22 bits per heavy atom. The van der Waals surface area contributed by atoms with Gasteiger partial charge in [-0.2, -0.15) is 0 Å². The van der Waals surface area contributed by atoms with Crippen LogP contribution in [0.3, 0.4) is 0 Å². The first-order valence-electron chi connectivity index (χ1n) is 9.22. The molecule has 6 nitrogen and oxygen atoms in total. The Hall–Kier alpha value is -2.31. The Bertz CT molecular complexity index is 762. The summed E-state index contributed by atoms with van der Waals surface area (Å²) >= 11 is 6.04. The molecule has 1 aliphatic heterocycles. The highest BCUT2D eigenvalue weighted by molar-refractivity contribution is 6.30. The van der Waals surface area contributed by atoms with Crippen LogP contribution in [0.25, 0.3) is 0 Å². The molecule has 2 aromatic rings. The molecule has 0 unspecified atom stereocenters. The number of aromatic nitrogens is 1. The molecule has 1 fully saturated rings. The highest BCUT2D eigenvalue weighted by Gasteiger charge is 2.15. The quantitative estimate of drug-likeness (QED) is 0.589. The van der Waals surface area contributed by atoms with E-state index in [4.69, 9.17) is 16.3 Å². The molecule has 0 spiro atoms. The molecule has 1 aromatic heterocycles. The molecule has 27 heavy (non-hydrogen) atoms. The Morgan fingerprint density at radius 2 is 2.07 bits per heavy atom. The van der Waals surface area contributed by atoms with Gasteiger partial charge in [0.15, 0.2) is 5.96 Å². The van der Waals surface area contributed by atoms with E-state index in [1.54, 1.807) is 7.05 Å². The van der Waals surface area contributed by atoms with Crippen LogP contribution in [0.15, 0.2) is 47.6 Å². The van der Waals surface area contributed by atoms with Crippen molar-refractivity contribution in [1.29, 1.82) is 0 Å². The van der Waals surface area contributed by atoms with Gasteiger partial charge in [0, 0.05) is 50.0 Å². The topological polar surface area (TPSA) is 61.8 Å². The second-order valence-electron chi connectivity index (χ2n) is 6.32. The third kappa shape index (κ3) is 5.84. The lowest BCUT2D eigenvalue weighted by atomic mass is 10.1. The molecular formula is C20H26ClN5O. The van der Waals surface area contributed by atoms with Crippen LogP contribution in [0.2, 0.25) is 5.02 Å². The molecular weight excluding hydrogens is 362 g/mol. The van der Waals surface area contributed by atoms with Gasteiger partial charge in [-0.05, 0) is 30.2 Å². The summed E-state index contributed by atoms with van der Waals surface area (Å²) in [5, 5.41) is 7.49. The summed E-state index contributed by atoms with van der Waals surface area (Å²) in [6, 6.07) is 12.0. The fourth-order valence-electron chi connectivity index (χ4n) is 3.05. The lowest BCUT2D eigenvalue weighted by Gasteiger charge is -2.29. The van der Waals surface area contributed by atoms with Crippen molar-refractivity contribution in [1.82, 2.24) is 15.6 Å². The predicted molar refractivity (Wildman–Crippen MR) is 111 cm³/mol. The number of anilines is 1. The van der Waals surface area contributed by atoms with E-state index in [0.717, 1.165) is 61.6 Å². The van der Waals surface area contributed by atoms with E-state index in [0.29, 0.717) is 6.54 Å². The first-order chi connectivity index (χ1) is 13.3. The summed E-state index contributed by atoms with van der Waals surface area (Å²) in [5.74, 6) is 1.79. The van der Waals surface area contributed by atoms with Crippen molar-refractivity contribution in [3.8, 4) is 0 Å². The number of hydrogen-bond acceptors (Lipinski definition) is 4. The van der Waals surface area contributed by atoms with Crippen LogP contribution in [0.5, 0.6) is 0 Å². The van der Waals surface area contributed by atoms with Crippen molar-refractivity contribution in [2.45, 2.75) is 13.0 Å². The van der Waals surface area contributed by atoms with Gasteiger partial charge in [0.25, 0.3) is 0 Å². The number of nitrogens with zero attached hydrogens (tertiary/aromatic N) is 3. The van der Waals surface area contributed by atoms with Crippen molar-refractivity contribution >= 4 is 23.4 Å². The number of halogens is 1. The average Bonchev–Trinajstić information content (AvgIpc) is 2.71. The minimum absolute atomic E-state index is 0.664. The molecule has 7 heteroatoms. The van der Waals surface area contributed by atoms with Crippen molar-refractivity contribution in [2.75, 3.05) is 44.8 Å². The maximum absolute atomic E-state index is 6.04. The van der Waals surface area contributed by atoms with Gasteiger partial charge in [0.05, 0.1) is 13.2 Å². The number of hydrogen-bond donors (Lipinski definition) is 2. The number of rotatable bonds is 6. The fraction of sp³-hybridized carbons (Fsp3) is 0.400. The summed E-state index contributed by atoms with van der Waals surface area (Å²) in [6.07, 6.45) is 2.72. The SMILES string of the molecule is CN=C(NCCc1cccc(Cl)c1)NCc1cccnc1N1CCOCC1. The number of guanidine groups is 1. The van der Waals surface area contributed by atoms with Gasteiger partial charge in [-0.25, -0.2) is 4.98 Å². The highest BCUT2D eigenvalue weighted by atomic mass is 35.5. The summed E-state index contributed by atoms with van der Waals surface area (Å²) in [5.41, 5.74) is 2.35. The third-order valence-corrected chi connectivity index (χ3v) is 4.68. The van der Waals surface area contributed by atoms with Gasteiger partial charge in [-0.15, -0.1) is 0 Å². The van der Waals surface area contributed by atoms with E-state index in [2.05, 4.69) is 37.6 Å². The summed E-state index contributed by atoms with van der Waals surface area (Å²) in [7, 11) is 1.78. The number of ether oxygens (including phenoxy) is 1. The number of aliphatic imine (C=N–C) groups is 1. The molecule has 0 amide bonds. The minimum atomic E-state index is 0.664. The van der Waals surface area contributed by atoms with E-state index in [1.807, 2.05) is 30.5 Å². The normalized spacial score (nSPS) is 14.9. The Morgan fingerprint density at radius 3 is 2.85 bits per heavy atom. The van der Waals surface area contributed by atoms with Crippen LogP contribution in [0.1, 0.15) is 11.1 Å². The lowest BCUT2D eigenvalue weighted by molar-refractivity contribution is 0.122. The molecule has 3 rings (SSSR count). The van der Waals surface area contributed by atoms with Crippen LogP contribution in [0.4, 0.5) is 5.82 Å². The van der Waals surface area contributed by atoms with Gasteiger partial charge in [0.2, 0.25) is 0 Å². The number of morpholine rings is 1.